The Labute approximate surface area is 193 Å². The molecule has 0 amide bonds. The van der Waals surface area contributed by atoms with E-state index in [2.05, 4.69) is 4.98 Å². The van der Waals surface area contributed by atoms with Gasteiger partial charge in [-0.25, -0.2) is 4.39 Å². The summed E-state index contributed by atoms with van der Waals surface area (Å²) in [5, 5.41) is 0. The van der Waals surface area contributed by atoms with Gasteiger partial charge in [-0.15, -0.1) is 11.3 Å². The van der Waals surface area contributed by atoms with Crippen molar-refractivity contribution in [1.82, 2.24) is 4.98 Å². The Kier molecular flexibility index (Phi) is 6.80. The number of carbonyl (C=O) groups excluding carboxylic acids is 3. The minimum atomic E-state index is -0.711. The van der Waals surface area contributed by atoms with E-state index in [1.165, 1.54) is 11.3 Å². The first-order valence-corrected chi connectivity index (χ1v) is 10.9. The zero-order valence-corrected chi connectivity index (χ0v) is 18.1. The second kappa shape index (κ2) is 10.1. The standard InChI is InChI=1S/C26H18FNO4S/c27-19-11-20(25(30)17-7-3-1-4-8-17)24(22(14-32-16-29)23-13-28-15-33-23)21(12-19)26(31)18-9-5-2-6-10-18/h1-13,15-16,22H,14H2. The molecule has 0 N–H and O–H groups in total. The van der Waals surface area contributed by atoms with E-state index >= 15 is 0 Å². The fourth-order valence-electron chi connectivity index (χ4n) is 3.70. The van der Waals surface area contributed by atoms with Crippen molar-refractivity contribution >= 4 is 29.4 Å². The molecule has 1 heterocycles. The molecule has 3 aromatic carbocycles. The fraction of sp³-hybridized carbons (Fsp3) is 0.0769. The van der Waals surface area contributed by atoms with Crippen LogP contribution in [0.3, 0.4) is 0 Å². The Morgan fingerprint density at radius 2 is 1.48 bits per heavy atom. The molecule has 1 atom stereocenters. The van der Waals surface area contributed by atoms with Crippen molar-refractivity contribution in [3.63, 3.8) is 0 Å². The molecule has 0 radical (unpaired) electrons. The predicted octanol–water partition coefficient (Wildman–Crippen LogP) is 5.05. The van der Waals surface area contributed by atoms with Crippen molar-refractivity contribution in [2.45, 2.75) is 5.92 Å². The van der Waals surface area contributed by atoms with E-state index in [4.69, 9.17) is 4.74 Å². The summed E-state index contributed by atoms with van der Waals surface area (Å²) in [5.74, 6) is -2.27. The van der Waals surface area contributed by atoms with E-state index in [0.29, 0.717) is 28.0 Å². The maximum atomic E-state index is 14.8. The maximum Gasteiger partial charge on any atom is 0.293 e. The lowest BCUT2D eigenvalue weighted by molar-refractivity contribution is -0.128. The molecule has 0 aliphatic carbocycles. The van der Waals surface area contributed by atoms with Gasteiger partial charge in [0, 0.05) is 33.3 Å². The molecule has 0 saturated heterocycles. The van der Waals surface area contributed by atoms with E-state index in [0.717, 1.165) is 12.1 Å². The van der Waals surface area contributed by atoms with Crippen LogP contribution >= 0.6 is 11.3 Å². The van der Waals surface area contributed by atoms with Crippen LogP contribution in [-0.4, -0.2) is 29.6 Å². The smallest absolute Gasteiger partial charge is 0.293 e. The Morgan fingerprint density at radius 1 is 0.939 bits per heavy atom. The molecule has 164 valence electrons. The first-order chi connectivity index (χ1) is 16.1. The molecule has 0 spiro atoms. The zero-order valence-electron chi connectivity index (χ0n) is 17.3. The van der Waals surface area contributed by atoms with Crippen LogP contribution in [0.15, 0.2) is 84.5 Å². The Bertz CT molecular complexity index is 1200. The first kappa shape index (κ1) is 22.2. The summed E-state index contributed by atoms with van der Waals surface area (Å²) in [6.07, 6.45) is 1.58. The van der Waals surface area contributed by atoms with Gasteiger partial charge in [0.25, 0.3) is 6.47 Å². The molecule has 33 heavy (non-hydrogen) atoms. The molecule has 0 bridgehead atoms. The summed E-state index contributed by atoms with van der Waals surface area (Å²) >= 11 is 1.29. The number of rotatable bonds is 9. The lowest BCUT2D eigenvalue weighted by atomic mass is 9.83. The molecule has 0 saturated carbocycles. The number of nitrogens with zero attached hydrogens (tertiary/aromatic N) is 1. The van der Waals surface area contributed by atoms with Crippen molar-refractivity contribution in [2.24, 2.45) is 0 Å². The van der Waals surface area contributed by atoms with Crippen LogP contribution in [0, 0.1) is 5.82 Å². The Hall–Kier alpha value is -3.97. The highest BCUT2D eigenvalue weighted by Gasteiger charge is 2.30. The van der Waals surface area contributed by atoms with Gasteiger partial charge in [0.05, 0.1) is 11.4 Å². The molecular weight excluding hydrogens is 441 g/mol. The number of carbonyl (C=O) groups is 3. The van der Waals surface area contributed by atoms with Crippen molar-refractivity contribution in [3.05, 3.63) is 123 Å². The molecule has 0 fully saturated rings. The topological polar surface area (TPSA) is 73.3 Å². The third kappa shape index (κ3) is 4.78. The van der Waals surface area contributed by atoms with Crippen molar-refractivity contribution in [3.8, 4) is 0 Å². The Morgan fingerprint density at radius 3 is 1.94 bits per heavy atom. The highest BCUT2D eigenvalue weighted by atomic mass is 32.1. The average molecular weight is 459 g/mol. The summed E-state index contributed by atoms with van der Waals surface area (Å²) in [6.45, 7) is 0.163. The molecule has 4 rings (SSSR count). The normalized spacial score (nSPS) is 11.5. The summed E-state index contributed by atoms with van der Waals surface area (Å²) < 4.78 is 19.9. The largest absolute Gasteiger partial charge is 0.467 e. The van der Waals surface area contributed by atoms with Crippen LogP contribution in [-0.2, 0) is 9.53 Å². The van der Waals surface area contributed by atoms with Crippen LogP contribution in [0.25, 0.3) is 0 Å². The van der Waals surface area contributed by atoms with Gasteiger partial charge in [0.1, 0.15) is 12.4 Å². The van der Waals surface area contributed by atoms with Gasteiger partial charge in [-0.1, -0.05) is 60.7 Å². The molecule has 0 aliphatic heterocycles. The van der Waals surface area contributed by atoms with Crippen LogP contribution in [0.2, 0.25) is 0 Å². The van der Waals surface area contributed by atoms with Gasteiger partial charge in [-0.2, -0.15) is 0 Å². The molecule has 4 aromatic rings. The van der Waals surface area contributed by atoms with Crippen LogP contribution in [0.1, 0.15) is 48.2 Å². The highest BCUT2D eigenvalue weighted by molar-refractivity contribution is 7.09. The van der Waals surface area contributed by atoms with Gasteiger partial charge in [0.2, 0.25) is 0 Å². The third-order valence-corrected chi connectivity index (χ3v) is 6.07. The van der Waals surface area contributed by atoms with Crippen LogP contribution in [0.5, 0.6) is 0 Å². The second-order valence-electron chi connectivity index (χ2n) is 7.19. The number of halogens is 1. The summed E-state index contributed by atoms with van der Waals surface area (Å²) in [6, 6.07) is 19.1. The third-order valence-electron chi connectivity index (χ3n) is 5.18. The van der Waals surface area contributed by atoms with Gasteiger partial charge in [0.15, 0.2) is 11.6 Å². The number of thiazole rings is 1. The quantitative estimate of drug-likeness (QED) is 0.259. The van der Waals surface area contributed by atoms with Crippen LogP contribution < -0.4 is 0 Å². The number of aromatic nitrogens is 1. The number of benzene rings is 3. The molecule has 7 heteroatoms. The van der Waals surface area contributed by atoms with E-state index in [9.17, 15) is 18.8 Å². The maximum absolute atomic E-state index is 14.8. The minimum absolute atomic E-state index is 0.0355. The van der Waals surface area contributed by atoms with Crippen molar-refractivity contribution in [1.29, 1.82) is 0 Å². The van der Waals surface area contributed by atoms with Crippen LogP contribution in [0.4, 0.5) is 4.39 Å². The minimum Gasteiger partial charge on any atom is -0.467 e. The van der Waals surface area contributed by atoms with E-state index in [1.807, 2.05) is 0 Å². The summed E-state index contributed by atoms with van der Waals surface area (Å²) in [4.78, 5) is 42.7. The Balaban J connectivity index is 1.98. The summed E-state index contributed by atoms with van der Waals surface area (Å²) in [5.41, 5.74) is 2.67. The second-order valence-corrected chi connectivity index (χ2v) is 8.11. The van der Waals surface area contributed by atoms with Gasteiger partial charge in [-0.05, 0) is 17.7 Å². The number of ether oxygens (including phenoxy) is 1. The molecular formula is C26H18FNO4S. The average Bonchev–Trinajstić information content (AvgIpc) is 3.39. The number of ketones is 2. The van der Waals surface area contributed by atoms with Gasteiger partial charge in [-0.3, -0.25) is 19.4 Å². The van der Waals surface area contributed by atoms with E-state index in [1.54, 1.807) is 72.4 Å². The van der Waals surface area contributed by atoms with E-state index in [-0.39, 0.29) is 17.7 Å². The SMILES string of the molecule is O=COCC(c1cncs1)c1c(C(=O)c2ccccc2)cc(F)cc1C(=O)c1ccccc1. The number of hydrogen-bond donors (Lipinski definition) is 0. The van der Waals surface area contributed by atoms with Crippen molar-refractivity contribution in [2.75, 3.05) is 6.61 Å². The molecule has 5 nitrogen and oxygen atoms in total. The highest BCUT2D eigenvalue weighted by Crippen LogP contribution is 2.35. The molecule has 0 aliphatic rings. The van der Waals surface area contributed by atoms with E-state index < -0.39 is 23.3 Å². The molecule has 1 aromatic heterocycles. The fourth-order valence-corrected chi connectivity index (χ4v) is 4.42. The lowest BCUT2D eigenvalue weighted by Crippen LogP contribution is -2.19. The van der Waals surface area contributed by atoms with Gasteiger partial charge >= 0.3 is 0 Å². The lowest BCUT2D eigenvalue weighted by Gasteiger charge is -2.22. The van der Waals surface area contributed by atoms with Crippen molar-refractivity contribution < 1.29 is 23.5 Å². The summed E-state index contributed by atoms with van der Waals surface area (Å²) in [7, 11) is 0. The van der Waals surface area contributed by atoms with Gasteiger partial charge < -0.3 is 4.74 Å². The first-order valence-electron chi connectivity index (χ1n) is 10.1. The monoisotopic (exact) mass is 459 g/mol. The number of hydrogen-bond acceptors (Lipinski definition) is 6. The zero-order chi connectivity index (χ0) is 23.2. The molecule has 1 unspecified atom stereocenters. The predicted molar refractivity (Wildman–Crippen MR) is 122 cm³/mol.